The Bertz CT molecular complexity index is 1260. The van der Waals surface area contributed by atoms with Crippen LogP contribution in [0.5, 0.6) is 0 Å². The molecule has 0 spiro atoms. The number of hydrogen-bond donors (Lipinski definition) is 1. The molecule has 10 nitrogen and oxygen atoms in total. The summed E-state index contributed by atoms with van der Waals surface area (Å²) < 4.78 is 22.0. The normalized spacial score (nSPS) is 10.9. The van der Waals surface area contributed by atoms with Gasteiger partial charge in [-0.25, -0.2) is 4.39 Å². The quantitative estimate of drug-likeness (QED) is 0.311. The summed E-state index contributed by atoms with van der Waals surface area (Å²) >= 11 is 3.08. The first-order chi connectivity index (χ1) is 14.9. The van der Waals surface area contributed by atoms with Crippen molar-refractivity contribution >= 4 is 33.5 Å². The lowest BCUT2D eigenvalue weighted by molar-refractivity contribution is -0.390. The second kappa shape index (κ2) is 8.52. The van der Waals surface area contributed by atoms with Gasteiger partial charge in [-0.2, -0.15) is 9.78 Å². The van der Waals surface area contributed by atoms with Crippen LogP contribution in [-0.4, -0.2) is 30.4 Å². The number of nitrogens with zero attached hydrogens (tertiary/aromatic N) is 5. The van der Waals surface area contributed by atoms with E-state index in [4.69, 9.17) is 4.42 Å². The Morgan fingerprint density at radius 1 is 1.19 bits per heavy atom. The zero-order valence-corrected chi connectivity index (χ0v) is 17.3. The van der Waals surface area contributed by atoms with Gasteiger partial charge in [0.15, 0.2) is 11.6 Å². The largest absolute Gasteiger partial charge is 0.454 e. The Balaban J connectivity index is 1.38. The fourth-order valence-corrected chi connectivity index (χ4v) is 3.31. The topological polar surface area (TPSA) is 121 Å². The number of amides is 1. The summed E-state index contributed by atoms with van der Waals surface area (Å²) in [7, 11) is 0. The SMILES string of the molecule is O=C(Nc1ccn(Cc2cccc(F)c2)n1)c1ccc(Cn2cc(Br)c([N+](=O)[O-])n2)o1. The highest BCUT2D eigenvalue weighted by atomic mass is 79.9. The Morgan fingerprint density at radius 3 is 2.77 bits per heavy atom. The molecule has 4 aromatic rings. The van der Waals surface area contributed by atoms with E-state index in [0.717, 1.165) is 5.56 Å². The molecule has 1 N–H and O–H groups in total. The minimum atomic E-state index is -0.602. The van der Waals surface area contributed by atoms with Gasteiger partial charge in [-0.05, 0) is 50.7 Å². The molecule has 158 valence electrons. The molecule has 4 rings (SSSR count). The molecule has 0 saturated heterocycles. The van der Waals surface area contributed by atoms with Crippen molar-refractivity contribution < 1.29 is 18.5 Å². The second-order valence-corrected chi connectivity index (χ2v) is 7.36. The van der Waals surface area contributed by atoms with Gasteiger partial charge in [0.2, 0.25) is 0 Å². The lowest BCUT2D eigenvalue weighted by atomic mass is 10.2. The maximum absolute atomic E-state index is 13.3. The number of halogens is 2. The molecule has 0 fully saturated rings. The Hall–Kier alpha value is -3.80. The van der Waals surface area contributed by atoms with Gasteiger partial charge in [0.05, 0.1) is 17.8 Å². The fraction of sp³-hybridized carbons (Fsp3) is 0.105. The van der Waals surface area contributed by atoms with Gasteiger partial charge in [0, 0.05) is 12.3 Å². The van der Waals surface area contributed by atoms with Crippen LogP contribution >= 0.6 is 15.9 Å². The van der Waals surface area contributed by atoms with E-state index in [9.17, 15) is 19.3 Å². The maximum Gasteiger partial charge on any atom is 0.404 e. The van der Waals surface area contributed by atoms with Gasteiger partial charge in [-0.1, -0.05) is 12.1 Å². The number of furan rings is 1. The lowest BCUT2D eigenvalue weighted by Gasteiger charge is -2.02. The first-order valence-corrected chi connectivity index (χ1v) is 9.72. The third-order valence-corrected chi connectivity index (χ3v) is 4.75. The first-order valence-electron chi connectivity index (χ1n) is 8.93. The molecule has 0 aliphatic heterocycles. The van der Waals surface area contributed by atoms with E-state index >= 15 is 0 Å². The van der Waals surface area contributed by atoms with Crippen molar-refractivity contribution in [2.75, 3.05) is 5.32 Å². The number of aromatic nitrogens is 4. The van der Waals surface area contributed by atoms with Crippen molar-refractivity contribution in [3.63, 3.8) is 0 Å². The minimum Gasteiger partial charge on any atom is -0.454 e. The molecule has 3 heterocycles. The molecule has 0 atom stereocenters. The molecule has 0 unspecified atom stereocenters. The molecule has 0 aliphatic rings. The maximum atomic E-state index is 13.3. The van der Waals surface area contributed by atoms with Crippen LogP contribution in [0.4, 0.5) is 16.0 Å². The standard InChI is InChI=1S/C19H14BrFN6O4/c20-15-11-26(24-18(15)27(29)30)10-14-4-5-16(31-14)19(28)22-17-6-7-25(23-17)9-12-2-1-3-13(21)8-12/h1-8,11H,9-10H2,(H,22,23,28). The van der Waals surface area contributed by atoms with Gasteiger partial charge in [0.25, 0.3) is 5.91 Å². The van der Waals surface area contributed by atoms with Crippen LogP contribution in [0.2, 0.25) is 0 Å². The summed E-state index contributed by atoms with van der Waals surface area (Å²) in [5.41, 5.74) is 0.738. The highest BCUT2D eigenvalue weighted by molar-refractivity contribution is 9.10. The number of nitrogens with one attached hydrogen (secondary N) is 1. The average molecular weight is 489 g/mol. The van der Waals surface area contributed by atoms with E-state index in [-0.39, 0.29) is 28.4 Å². The predicted molar refractivity (Wildman–Crippen MR) is 110 cm³/mol. The van der Waals surface area contributed by atoms with Crippen LogP contribution in [0.15, 0.2) is 63.7 Å². The van der Waals surface area contributed by atoms with E-state index in [0.29, 0.717) is 18.1 Å². The molecule has 1 amide bonds. The first kappa shape index (κ1) is 20.5. The molecule has 12 heteroatoms. The van der Waals surface area contributed by atoms with E-state index in [1.54, 1.807) is 35.1 Å². The molecular formula is C19H14BrFN6O4. The summed E-state index contributed by atoms with van der Waals surface area (Å²) in [6.45, 7) is 0.464. The summed E-state index contributed by atoms with van der Waals surface area (Å²) in [5.74, 6) is -0.384. The predicted octanol–water partition coefficient (Wildman–Crippen LogP) is 3.83. The van der Waals surface area contributed by atoms with Gasteiger partial charge in [0.1, 0.15) is 22.6 Å². The monoisotopic (exact) mass is 488 g/mol. The average Bonchev–Trinajstić information content (AvgIpc) is 3.43. The molecule has 1 aromatic carbocycles. The van der Waals surface area contributed by atoms with Crippen molar-refractivity contribution in [1.29, 1.82) is 0 Å². The van der Waals surface area contributed by atoms with Gasteiger partial charge in [-0.15, -0.1) is 0 Å². The third-order valence-electron chi connectivity index (χ3n) is 4.19. The summed E-state index contributed by atoms with van der Waals surface area (Å²) in [6, 6.07) is 10.9. The number of nitro groups is 1. The number of carbonyl (C=O) groups is 1. The highest BCUT2D eigenvalue weighted by Gasteiger charge is 2.20. The molecule has 0 aliphatic carbocycles. The second-order valence-electron chi connectivity index (χ2n) is 6.50. The Kier molecular flexibility index (Phi) is 5.62. The van der Waals surface area contributed by atoms with Crippen molar-refractivity contribution in [3.05, 3.63) is 92.3 Å². The van der Waals surface area contributed by atoms with Crippen molar-refractivity contribution in [1.82, 2.24) is 19.6 Å². The van der Waals surface area contributed by atoms with Gasteiger partial charge < -0.3 is 19.8 Å². The summed E-state index contributed by atoms with van der Waals surface area (Å²) in [6.07, 6.45) is 3.11. The Labute approximate surface area is 182 Å². The number of hydrogen-bond acceptors (Lipinski definition) is 6. The van der Waals surface area contributed by atoms with Crippen molar-refractivity contribution in [3.8, 4) is 0 Å². The van der Waals surface area contributed by atoms with E-state index < -0.39 is 10.8 Å². The van der Waals surface area contributed by atoms with Gasteiger partial charge in [-0.3, -0.25) is 9.48 Å². The zero-order chi connectivity index (χ0) is 22.0. The van der Waals surface area contributed by atoms with E-state index in [1.165, 1.54) is 29.1 Å². The highest BCUT2D eigenvalue weighted by Crippen LogP contribution is 2.23. The van der Waals surface area contributed by atoms with Crippen LogP contribution in [-0.2, 0) is 13.1 Å². The minimum absolute atomic E-state index is 0.0513. The van der Waals surface area contributed by atoms with Crippen LogP contribution in [0.25, 0.3) is 0 Å². The number of anilines is 1. The van der Waals surface area contributed by atoms with Crippen LogP contribution in [0.3, 0.4) is 0 Å². The van der Waals surface area contributed by atoms with E-state index in [1.807, 2.05) is 0 Å². The van der Waals surface area contributed by atoms with Crippen molar-refractivity contribution in [2.45, 2.75) is 13.1 Å². The number of carbonyl (C=O) groups excluding carboxylic acids is 1. The van der Waals surface area contributed by atoms with E-state index in [2.05, 4.69) is 31.4 Å². The Morgan fingerprint density at radius 2 is 2.03 bits per heavy atom. The third kappa shape index (κ3) is 4.86. The number of benzene rings is 1. The summed E-state index contributed by atoms with van der Waals surface area (Å²) in [4.78, 5) is 22.7. The molecule has 0 bridgehead atoms. The van der Waals surface area contributed by atoms with Crippen molar-refractivity contribution in [2.24, 2.45) is 0 Å². The smallest absolute Gasteiger partial charge is 0.404 e. The van der Waals surface area contributed by atoms with Crippen LogP contribution < -0.4 is 5.32 Å². The molecule has 3 aromatic heterocycles. The zero-order valence-electron chi connectivity index (χ0n) is 15.7. The van der Waals surface area contributed by atoms with Gasteiger partial charge >= 0.3 is 5.82 Å². The number of rotatable bonds is 7. The van der Waals surface area contributed by atoms with Crippen LogP contribution in [0, 0.1) is 15.9 Å². The lowest BCUT2D eigenvalue weighted by Crippen LogP contribution is -2.12. The molecule has 31 heavy (non-hydrogen) atoms. The molecular weight excluding hydrogens is 475 g/mol. The summed E-state index contributed by atoms with van der Waals surface area (Å²) in [5, 5.41) is 21.6. The molecule has 0 radical (unpaired) electrons. The van der Waals surface area contributed by atoms with Crippen LogP contribution in [0.1, 0.15) is 21.9 Å². The fourth-order valence-electron chi connectivity index (χ4n) is 2.85. The molecule has 0 saturated carbocycles.